The lowest BCUT2D eigenvalue weighted by atomic mass is 9.93. The number of carbonyl (C=O) groups is 3. The van der Waals surface area contributed by atoms with Crippen LogP contribution in [0.1, 0.15) is 36.0 Å². The highest BCUT2D eigenvalue weighted by atomic mass is 35.5. The van der Waals surface area contributed by atoms with E-state index in [9.17, 15) is 14.4 Å². The van der Waals surface area contributed by atoms with Crippen molar-refractivity contribution in [2.75, 3.05) is 11.2 Å². The first-order valence-corrected chi connectivity index (χ1v) is 9.87. The number of nitrogens with one attached hydrogen (secondary N) is 2. The molecule has 1 aromatic rings. The van der Waals surface area contributed by atoms with Gasteiger partial charge >= 0.3 is 0 Å². The van der Waals surface area contributed by atoms with Crippen LogP contribution in [0.5, 0.6) is 0 Å². The van der Waals surface area contributed by atoms with E-state index in [0.717, 1.165) is 29.5 Å². The molecule has 0 radical (unpaired) electrons. The van der Waals surface area contributed by atoms with Crippen LogP contribution in [0.15, 0.2) is 23.3 Å². The van der Waals surface area contributed by atoms with Crippen molar-refractivity contribution in [2.24, 2.45) is 0 Å². The highest BCUT2D eigenvalue weighted by Crippen LogP contribution is 2.39. The van der Waals surface area contributed by atoms with Crippen LogP contribution in [0.2, 0.25) is 10.0 Å². The van der Waals surface area contributed by atoms with E-state index in [1.165, 1.54) is 12.1 Å². The smallest absolute Gasteiger partial charge is 0.261 e. The van der Waals surface area contributed by atoms with Gasteiger partial charge in [-0.2, -0.15) is 0 Å². The summed E-state index contributed by atoms with van der Waals surface area (Å²) in [5.74, 6) is -1.39. The molecule has 0 unspecified atom stereocenters. The summed E-state index contributed by atoms with van der Waals surface area (Å²) in [6, 6.07) is 2.65. The van der Waals surface area contributed by atoms with Crippen LogP contribution >= 0.6 is 35.0 Å². The molecule has 2 N–H and O–H groups in total. The van der Waals surface area contributed by atoms with Crippen LogP contribution in [0, 0.1) is 5.41 Å². The maximum atomic E-state index is 12.7. The average Bonchev–Trinajstić information content (AvgIpc) is 2.86. The molecule has 0 saturated carbocycles. The first-order valence-electron chi connectivity index (χ1n) is 7.89. The zero-order valence-corrected chi connectivity index (χ0v) is 16.1. The number of nitrogens with zero attached hydrogens (tertiary/aromatic N) is 1. The molecule has 3 amide bonds. The maximum absolute atomic E-state index is 12.7. The lowest BCUT2D eigenvalue weighted by Gasteiger charge is -2.18. The molecule has 26 heavy (non-hydrogen) atoms. The van der Waals surface area contributed by atoms with Crippen molar-refractivity contribution in [2.45, 2.75) is 25.7 Å². The molecule has 1 aromatic carbocycles. The van der Waals surface area contributed by atoms with Gasteiger partial charge in [0, 0.05) is 11.1 Å². The highest BCUT2D eigenvalue weighted by Gasteiger charge is 2.40. The number of imide groups is 1. The molecular formula is C17H15Cl2N3O3S. The lowest BCUT2D eigenvalue weighted by Crippen LogP contribution is -2.33. The first-order chi connectivity index (χ1) is 12.3. The zero-order valence-electron chi connectivity index (χ0n) is 13.8. The molecule has 6 nitrogen and oxygen atoms in total. The third-order valence-corrected chi connectivity index (χ3v) is 5.47. The summed E-state index contributed by atoms with van der Waals surface area (Å²) in [6.45, 7) is 0. The molecule has 0 saturated heterocycles. The van der Waals surface area contributed by atoms with E-state index in [0.29, 0.717) is 24.0 Å². The van der Waals surface area contributed by atoms with Crippen LogP contribution in [0.4, 0.5) is 5.69 Å². The number of hydrogen-bond donors (Lipinski definition) is 2. The Morgan fingerprint density at radius 2 is 1.69 bits per heavy atom. The molecule has 2 aliphatic rings. The molecule has 1 aliphatic heterocycles. The van der Waals surface area contributed by atoms with E-state index in [4.69, 9.17) is 28.6 Å². The first kappa shape index (κ1) is 18.9. The van der Waals surface area contributed by atoms with Crippen molar-refractivity contribution >= 4 is 63.5 Å². The Hall–Kier alpha value is -1.83. The molecule has 1 heterocycles. The van der Waals surface area contributed by atoms with Gasteiger partial charge in [-0.3, -0.25) is 19.8 Å². The van der Waals surface area contributed by atoms with Gasteiger partial charge in [-0.15, -0.1) is 0 Å². The molecule has 0 fully saturated rings. The summed E-state index contributed by atoms with van der Waals surface area (Å²) in [5, 5.41) is 10.1. The SMILES string of the molecule is CSC(=N)NC(=O)c1cc(N2C(=O)C3=C(CCCC3)C2=O)c(Cl)cc1Cl. The molecule has 0 aromatic heterocycles. The van der Waals surface area contributed by atoms with E-state index < -0.39 is 17.7 Å². The molecule has 0 spiro atoms. The number of anilines is 1. The van der Waals surface area contributed by atoms with Crippen LogP contribution in [0.25, 0.3) is 0 Å². The van der Waals surface area contributed by atoms with E-state index >= 15 is 0 Å². The van der Waals surface area contributed by atoms with Gasteiger partial charge in [-0.05, 0) is 44.1 Å². The van der Waals surface area contributed by atoms with Crippen molar-refractivity contribution in [1.29, 1.82) is 5.41 Å². The van der Waals surface area contributed by atoms with E-state index in [1.807, 2.05) is 0 Å². The Balaban J connectivity index is 2.00. The summed E-state index contributed by atoms with van der Waals surface area (Å²) in [5.41, 5.74) is 1.22. The number of rotatable bonds is 2. The molecule has 136 valence electrons. The van der Waals surface area contributed by atoms with E-state index in [1.54, 1.807) is 6.26 Å². The second-order valence-electron chi connectivity index (χ2n) is 5.88. The van der Waals surface area contributed by atoms with Gasteiger partial charge in [0.2, 0.25) is 0 Å². The molecule has 1 aliphatic carbocycles. The van der Waals surface area contributed by atoms with Crippen LogP contribution in [0.3, 0.4) is 0 Å². The Morgan fingerprint density at radius 1 is 1.12 bits per heavy atom. The quantitative estimate of drug-likeness (QED) is 0.440. The number of carbonyl (C=O) groups excluding carboxylic acids is 3. The maximum Gasteiger partial charge on any atom is 0.261 e. The van der Waals surface area contributed by atoms with Crippen molar-refractivity contribution in [3.8, 4) is 0 Å². The monoisotopic (exact) mass is 411 g/mol. The number of amidine groups is 1. The minimum absolute atomic E-state index is 0.0374. The largest absolute Gasteiger partial charge is 0.301 e. The third-order valence-electron chi connectivity index (χ3n) is 4.34. The summed E-state index contributed by atoms with van der Waals surface area (Å²) >= 11 is 13.4. The number of thioether (sulfide) groups is 1. The van der Waals surface area contributed by atoms with Crippen LogP contribution in [-0.4, -0.2) is 29.1 Å². The summed E-state index contributed by atoms with van der Waals surface area (Å²) in [4.78, 5) is 38.8. The molecule has 3 rings (SSSR count). The number of hydrogen-bond acceptors (Lipinski definition) is 5. The standard InChI is InChI=1S/C17H15Cl2N3O3S/c1-26-17(20)21-14(23)10-6-13(12(19)7-11(10)18)22-15(24)8-4-2-3-5-9(8)16(22)25/h6-7H,2-5H2,1H3,(H2,20,21,23). The summed E-state index contributed by atoms with van der Waals surface area (Å²) in [6.07, 6.45) is 4.52. The highest BCUT2D eigenvalue weighted by molar-refractivity contribution is 8.13. The normalized spacial score (nSPS) is 16.8. The van der Waals surface area contributed by atoms with Crippen molar-refractivity contribution < 1.29 is 14.4 Å². The predicted molar refractivity (Wildman–Crippen MR) is 103 cm³/mol. The molecule has 0 bridgehead atoms. The Morgan fingerprint density at radius 3 is 2.23 bits per heavy atom. The summed E-state index contributed by atoms with van der Waals surface area (Å²) in [7, 11) is 0. The Bertz CT molecular complexity index is 854. The van der Waals surface area contributed by atoms with Crippen molar-refractivity contribution in [1.82, 2.24) is 5.32 Å². The van der Waals surface area contributed by atoms with E-state index in [2.05, 4.69) is 5.32 Å². The molecule has 9 heteroatoms. The number of halogens is 2. The fourth-order valence-electron chi connectivity index (χ4n) is 3.06. The fraction of sp³-hybridized carbons (Fsp3) is 0.294. The summed E-state index contributed by atoms with van der Waals surface area (Å²) < 4.78 is 0. The van der Waals surface area contributed by atoms with Gasteiger partial charge in [0.25, 0.3) is 17.7 Å². The minimum atomic E-state index is -0.607. The molecular weight excluding hydrogens is 397 g/mol. The van der Waals surface area contributed by atoms with Crippen molar-refractivity contribution in [3.05, 3.63) is 38.9 Å². The predicted octanol–water partition coefficient (Wildman–Crippen LogP) is 3.76. The van der Waals surface area contributed by atoms with Gasteiger partial charge in [0.1, 0.15) is 0 Å². The Kier molecular flexibility index (Phi) is 5.41. The molecule has 0 atom stereocenters. The van der Waals surface area contributed by atoms with Crippen LogP contribution in [-0.2, 0) is 9.59 Å². The number of benzene rings is 1. The van der Waals surface area contributed by atoms with E-state index in [-0.39, 0.29) is 26.5 Å². The minimum Gasteiger partial charge on any atom is -0.301 e. The van der Waals surface area contributed by atoms with Crippen LogP contribution < -0.4 is 10.2 Å². The van der Waals surface area contributed by atoms with Gasteiger partial charge in [-0.25, -0.2) is 4.90 Å². The second-order valence-corrected chi connectivity index (χ2v) is 7.51. The number of amides is 3. The third kappa shape index (κ3) is 3.26. The topological polar surface area (TPSA) is 90.3 Å². The fourth-order valence-corrected chi connectivity index (χ4v) is 3.81. The van der Waals surface area contributed by atoms with Gasteiger partial charge in [0.05, 0.1) is 21.3 Å². The van der Waals surface area contributed by atoms with Gasteiger partial charge in [0.15, 0.2) is 5.17 Å². The van der Waals surface area contributed by atoms with Gasteiger partial charge in [-0.1, -0.05) is 35.0 Å². The Labute approximate surface area is 164 Å². The average molecular weight is 412 g/mol. The van der Waals surface area contributed by atoms with Crippen molar-refractivity contribution in [3.63, 3.8) is 0 Å². The lowest BCUT2D eigenvalue weighted by molar-refractivity contribution is -0.120. The second kappa shape index (κ2) is 7.42. The zero-order chi connectivity index (χ0) is 19.0. The van der Waals surface area contributed by atoms with Gasteiger partial charge < -0.3 is 5.32 Å².